The first-order chi connectivity index (χ1) is 11.7. The molecule has 0 unspecified atom stereocenters. The van der Waals surface area contributed by atoms with Crippen molar-refractivity contribution in [2.75, 3.05) is 7.11 Å². The van der Waals surface area contributed by atoms with Crippen LogP contribution in [-0.2, 0) is 11.5 Å². The average Bonchev–Trinajstić information content (AvgIpc) is 2.97. The highest BCUT2D eigenvalue weighted by atomic mass is 32.2. The van der Waals surface area contributed by atoms with Gasteiger partial charge in [0.15, 0.2) is 4.77 Å². The molecule has 0 atom stereocenters. The average molecular weight is 358 g/mol. The number of nitrogens with zero attached hydrogens (tertiary/aromatic N) is 2. The lowest BCUT2D eigenvalue weighted by atomic mass is 10.2. The topological polar surface area (TPSA) is 42.8 Å². The van der Waals surface area contributed by atoms with Gasteiger partial charge in [-0.1, -0.05) is 35.9 Å². The number of hydrogen-bond donors (Lipinski definition) is 1. The van der Waals surface area contributed by atoms with Gasteiger partial charge < -0.3 is 4.74 Å². The molecular weight excluding hydrogens is 338 g/mol. The SMILES string of the molecule is COc1cccc(-n2c(CSCc3ccc(C)cc3)n[nH]c2=S)c1. The molecule has 0 aliphatic carbocycles. The third-order valence-electron chi connectivity index (χ3n) is 3.67. The zero-order valence-electron chi connectivity index (χ0n) is 13.7. The summed E-state index contributed by atoms with van der Waals surface area (Å²) >= 11 is 7.20. The van der Waals surface area contributed by atoms with E-state index >= 15 is 0 Å². The van der Waals surface area contributed by atoms with Crippen molar-refractivity contribution < 1.29 is 4.74 Å². The lowest BCUT2D eigenvalue weighted by molar-refractivity contribution is 0.414. The summed E-state index contributed by atoms with van der Waals surface area (Å²) in [4.78, 5) is 0. The zero-order valence-corrected chi connectivity index (χ0v) is 15.3. The molecule has 3 rings (SSSR count). The van der Waals surface area contributed by atoms with E-state index in [9.17, 15) is 0 Å². The first kappa shape index (κ1) is 16.8. The highest BCUT2D eigenvalue weighted by Crippen LogP contribution is 2.22. The molecular formula is C18H19N3OS2. The van der Waals surface area contributed by atoms with E-state index in [-0.39, 0.29) is 0 Å². The van der Waals surface area contributed by atoms with Gasteiger partial charge >= 0.3 is 0 Å². The van der Waals surface area contributed by atoms with Crippen molar-refractivity contribution in [3.05, 3.63) is 70.3 Å². The van der Waals surface area contributed by atoms with Gasteiger partial charge in [-0.05, 0) is 36.8 Å². The van der Waals surface area contributed by atoms with Crippen LogP contribution in [0.5, 0.6) is 5.75 Å². The molecule has 3 aromatic rings. The zero-order chi connectivity index (χ0) is 16.9. The number of thioether (sulfide) groups is 1. The molecule has 1 aromatic heterocycles. The minimum Gasteiger partial charge on any atom is -0.497 e. The molecule has 0 aliphatic rings. The highest BCUT2D eigenvalue weighted by molar-refractivity contribution is 7.97. The largest absolute Gasteiger partial charge is 0.497 e. The van der Waals surface area contributed by atoms with E-state index in [0.29, 0.717) is 4.77 Å². The Balaban J connectivity index is 1.75. The van der Waals surface area contributed by atoms with Crippen molar-refractivity contribution >= 4 is 24.0 Å². The Labute approximate surface area is 150 Å². The number of aromatic nitrogens is 3. The van der Waals surface area contributed by atoms with Crippen molar-refractivity contribution in [1.82, 2.24) is 14.8 Å². The monoisotopic (exact) mass is 357 g/mol. The Morgan fingerprint density at radius 1 is 1.17 bits per heavy atom. The van der Waals surface area contributed by atoms with Crippen molar-refractivity contribution in [2.24, 2.45) is 0 Å². The fraction of sp³-hybridized carbons (Fsp3) is 0.222. The number of methoxy groups -OCH3 is 1. The minimum atomic E-state index is 0.592. The minimum absolute atomic E-state index is 0.592. The smallest absolute Gasteiger partial charge is 0.199 e. The molecule has 0 bridgehead atoms. The van der Waals surface area contributed by atoms with Crippen molar-refractivity contribution in [3.8, 4) is 11.4 Å². The number of ether oxygens (including phenoxy) is 1. The number of aromatic amines is 1. The lowest BCUT2D eigenvalue weighted by Crippen LogP contribution is -2.01. The maximum atomic E-state index is 5.39. The number of nitrogens with one attached hydrogen (secondary N) is 1. The lowest BCUT2D eigenvalue weighted by Gasteiger charge is -2.08. The molecule has 124 valence electrons. The summed E-state index contributed by atoms with van der Waals surface area (Å²) in [6.45, 7) is 2.10. The number of aryl methyl sites for hydroxylation is 1. The summed E-state index contributed by atoms with van der Waals surface area (Å²) in [6.07, 6.45) is 0. The van der Waals surface area contributed by atoms with Gasteiger partial charge in [0.2, 0.25) is 0 Å². The van der Waals surface area contributed by atoms with E-state index in [1.165, 1.54) is 11.1 Å². The molecule has 1 heterocycles. The van der Waals surface area contributed by atoms with Crippen LogP contribution in [0.15, 0.2) is 48.5 Å². The molecule has 1 N–H and O–H groups in total. The van der Waals surface area contributed by atoms with Gasteiger partial charge in [0, 0.05) is 11.8 Å². The molecule has 0 amide bonds. The molecule has 0 fully saturated rings. The van der Waals surface area contributed by atoms with Gasteiger partial charge in [0.05, 0.1) is 18.6 Å². The quantitative estimate of drug-likeness (QED) is 0.651. The van der Waals surface area contributed by atoms with Crippen molar-refractivity contribution in [1.29, 1.82) is 0 Å². The Morgan fingerprint density at radius 2 is 1.96 bits per heavy atom. The second-order valence-corrected chi connectivity index (χ2v) is 6.83. The number of benzene rings is 2. The van der Waals surface area contributed by atoms with Crippen molar-refractivity contribution in [3.63, 3.8) is 0 Å². The van der Waals surface area contributed by atoms with E-state index in [4.69, 9.17) is 17.0 Å². The number of rotatable bonds is 6. The molecule has 0 saturated heterocycles. The van der Waals surface area contributed by atoms with Crippen LogP contribution in [0.25, 0.3) is 5.69 Å². The van der Waals surface area contributed by atoms with Gasteiger partial charge in [-0.25, -0.2) is 0 Å². The van der Waals surface area contributed by atoms with Crippen LogP contribution < -0.4 is 4.74 Å². The summed E-state index contributed by atoms with van der Waals surface area (Å²) in [5.74, 6) is 3.43. The second kappa shape index (κ2) is 7.68. The molecule has 2 aromatic carbocycles. The summed E-state index contributed by atoms with van der Waals surface area (Å²) < 4.78 is 7.85. The fourth-order valence-electron chi connectivity index (χ4n) is 2.39. The van der Waals surface area contributed by atoms with Gasteiger partial charge in [0.1, 0.15) is 11.6 Å². The Morgan fingerprint density at radius 3 is 2.71 bits per heavy atom. The summed E-state index contributed by atoms with van der Waals surface area (Å²) in [5, 5.41) is 7.27. The molecule has 0 spiro atoms. The van der Waals surface area contributed by atoms with Crippen LogP contribution in [0.2, 0.25) is 0 Å². The van der Waals surface area contributed by atoms with Crippen LogP contribution in [-0.4, -0.2) is 21.9 Å². The first-order valence-corrected chi connectivity index (χ1v) is 9.17. The summed E-state index contributed by atoms with van der Waals surface area (Å²) in [6, 6.07) is 16.4. The number of H-pyrrole nitrogens is 1. The summed E-state index contributed by atoms with van der Waals surface area (Å²) in [5.41, 5.74) is 3.55. The fourth-order valence-corrected chi connectivity index (χ4v) is 3.55. The van der Waals surface area contributed by atoms with E-state index in [2.05, 4.69) is 41.4 Å². The van der Waals surface area contributed by atoms with E-state index in [1.54, 1.807) is 7.11 Å². The Hall–Kier alpha value is -2.05. The maximum absolute atomic E-state index is 5.39. The van der Waals surface area contributed by atoms with Gasteiger partial charge in [-0.15, -0.1) is 11.8 Å². The standard InChI is InChI=1S/C18H19N3OS2/c1-13-6-8-14(9-7-13)11-24-12-17-19-20-18(23)21(17)15-4-3-5-16(10-15)22-2/h3-10H,11-12H2,1-2H3,(H,20,23). The molecule has 6 heteroatoms. The molecule has 0 aliphatic heterocycles. The Kier molecular flexibility index (Phi) is 5.37. The first-order valence-electron chi connectivity index (χ1n) is 7.61. The van der Waals surface area contributed by atoms with Gasteiger partial charge in [-0.3, -0.25) is 9.67 Å². The van der Waals surface area contributed by atoms with Crippen LogP contribution in [0.1, 0.15) is 17.0 Å². The molecule has 24 heavy (non-hydrogen) atoms. The predicted octanol–water partition coefficient (Wildman–Crippen LogP) is 4.68. The maximum Gasteiger partial charge on any atom is 0.199 e. The molecule has 0 radical (unpaired) electrons. The second-order valence-electron chi connectivity index (χ2n) is 5.46. The van der Waals surface area contributed by atoms with Crippen LogP contribution in [0.3, 0.4) is 0 Å². The van der Waals surface area contributed by atoms with Gasteiger partial charge in [-0.2, -0.15) is 5.10 Å². The third kappa shape index (κ3) is 3.88. The van der Waals surface area contributed by atoms with Crippen molar-refractivity contribution in [2.45, 2.75) is 18.4 Å². The van der Waals surface area contributed by atoms with E-state index in [0.717, 1.165) is 28.8 Å². The molecule has 0 saturated carbocycles. The molecule has 4 nitrogen and oxygen atoms in total. The summed E-state index contributed by atoms with van der Waals surface area (Å²) in [7, 11) is 1.66. The van der Waals surface area contributed by atoms with Crippen LogP contribution >= 0.6 is 24.0 Å². The third-order valence-corrected chi connectivity index (χ3v) is 4.95. The van der Waals surface area contributed by atoms with Crippen LogP contribution in [0.4, 0.5) is 0 Å². The van der Waals surface area contributed by atoms with E-state index < -0.39 is 0 Å². The van der Waals surface area contributed by atoms with Crippen LogP contribution in [0, 0.1) is 11.7 Å². The highest BCUT2D eigenvalue weighted by Gasteiger charge is 2.09. The van der Waals surface area contributed by atoms with Gasteiger partial charge in [0.25, 0.3) is 0 Å². The number of hydrogen-bond acceptors (Lipinski definition) is 4. The normalized spacial score (nSPS) is 10.8. The van der Waals surface area contributed by atoms with E-state index in [1.807, 2.05) is 40.6 Å². The Bertz CT molecular complexity index is 868. The predicted molar refractivity (Wildman–Crippen MR) is 101 cm³/mol.